The molecule has 0 bridgehead atoms. The average molecular weight is 278 g/mol. The van der Waals surface area contributed by atoms with Crippen molar-refractivity contribution in [2.45, 2.75) is 66.2 Å². The molecule has 20 heavy (non-hydrogen) atoms. The van der Waals surface area contributed by atoms with Crippen LogP contribution in [0.15, 0.2) is 12.1 Å². The van der Waals surface area contributed by atoms with Crippen LogP contribution < -0.4 is 9.47 Å². The standard InChI is InChI=1S/C18H30O2/c1-9-19-15-12-13(17(3,4)5)11-14(18(6,7)8)16(15)20-10-2/h11-12H,9-10H2,1-8H3. The van der Waals surface area contributed by atoms with Gasteiger partial charge in [-0.2, -0.15) is 0 Å². The Balaban J connectivity index is 3.55. The predicted octanol–water partition coefficient (Wildman–Crippen LogP) is 5.08. The van der Waals surface area contributed by atoms with Crippen LogP contribution in [0.5, 0.6) is 11.5 Å². The van der Waals surface area contributed by atoms with Crippen molar-refractivity contribution in [3.63, 3.8) is 0 Å². The summed E-state index contributed by atoms with van der Waals surface area (Å²) in [5.74, 6) is 1.77. The Bertz CT molecular complexity index is 448. The minimum atomic E-state index is 0.0254. The van der Waals surface area contributed by atoms with Crippen LogP contribution >= 0.6 is 0 Å². The van der Waals surface area contributed by atoms with E-state index in [1.54, 1.807) is 0 Å². The molecule has 2 nitrogen and oxygen atoms in total. The molecule has 0 aliphatic heterocycles. The van der Waals surface area contributed by atoms with E-state index in [0.717, 1.165) is 11.5 Å². The highest BCUT2D eigenvalue weighted by atomic mass is 16.5. The summed E-state index contributed by atoms with van der Waals surface area (Å²) in [4.78, 5) is 0. The fraction of sp³-hybridized carbons (Fsp3) is 0.667. The molecule has 1 rings (SSSR count). The summed E-state index contributed by atoms with van der Waals surface area (Å²) >= 11 is 0. The fourth-order valence-electron chi connectivity index (χ4n) is 2.15. The van der Waals surface area contributed by atoms with Gasteiger partial charge in [-0.15, -0.1) is 0 Å². The van der Waals surface area contributed by atoms with Gasteiger partial charge in [-0.3, -0.25) is 0 Å². The van der Waals surface area contributed by atoms with Crippen LogP contribution in [0.4, 0.5) is 0 Å². The van der Waals surface area contributed by atoms with Crippen LogP contribution in [-0.2, 0) is 10.8 Å². The molecule has 0 fully saturated rings. The SMILES string of the molecule is CCOc1cc(C(C)(C)C)cc(C(C)(C)C)c1OCC. The molecule has 0 aliphatic rings. The van der Waals surface area contributed by atoms with Gasteiger partial charge in [0.15, 0.2) is 11.5 Å². The van der Waals surface area contributed by atoms with Gasteiger partial charge in [-0.1, -0.05) is 47.6 Å². The molecule has 1 aromatic carbocycles. The second kappa shape index (κ2) is 6.07. The molecule has 0 aromatic heterocycles. The van der Waals surface area contributed by atoms with E-state index in [1.807, 2.05) is 13.8 Å². The van der Waals surface area contributed by atoms with Gasteiger partial charge in [-0.05, 0) is 36.3 Å². The molecule has 0 unspecified atom stereocenters. The third-order valence-electron chi connectivity index (χ3n) is 3.32. The van der Waals surface area contributed by atoms with Gasteiger partial charge in [0.05, 0.1) is 13.2 Å². The topological polar surface area (TPSA) is 18.5 Å². The lowest BCUT2D eigenvalue weighted by Gasteiger charge is -2.29. The van der Waals surface area contributed by atoms with E-state index in [4.69, 9.17) is 9.47 Å². The molecule has 0 radical (unpaired) electrons. The molecule has 0 aliphatic carbocycles. The van der Waals surface area contributed by atoms with E-state index in [0.29, 0.717) is 13.2 Å². The van der Waals surface area contributed by atoms with Gasteiger partial charge >= 0.3 is 0 Å². The van der Waals surface area contributed by atoms with Crippen molar-refractivity contribution in [1.29, 1.82) is 0 Å². The lowest BCUT2D eigenvalue weighted by Crippen LogP contribution is -2.18. The number of ether oxygens (including phenoxy) is 2. The maximum absolute atomic E-state index is 5.89. The lowest BCUT2D eigenvalue weighted by atomic mass is 9.80. The zero-order valence-electron chi connectivity index (χ0n) is 14.4. The van der Waals surface area contributed by atoms with Crippen molar-refractivity contribution < 1.29 is 9.47 Å². The summed E-state index contributed by atoms with van der Waals surface area (Å²) in [6, 6.07) is 4.40. The summed E-state index contributed by atoms with van der Waals surface area (Å²) in [6.45, 7) is 18.7. The second-order valence-corrected chi connectivity index (χ2v) is 7.22. The van der Waals surface area contributed by atoms with Gasteiger partial charge in [-0.25, -0.2) is 0 Å². The van der Waals surface area contributed by atoms with Crippen molar-refractivity contribution in [2.75, 3.05) is 13.2 Å². The van der Waals surface area contributed by atoms with Crippen molar-refractivity contribution in [2.24, 2.45) is 0 Å². The first-order chi connectivity index (χ1) is 9.11. The lowest BCUT2D eigenvalue weighted by molar-refractivity contribution is 0.280. The highest BCUT2D eigenvalue weighted by Gasteiger charge is 2.26. The van der Waals surface area contributed by atoms with Crippen LogP contribution in [0, 0.1) is 0 Å². The minimum Gasteiger partial charge on any atom is -0.490 e. The maximum Gasteiger partial charge on any atom is 0.164 e. The summed E-state index contributed by atoms with van der Waals surface area (Å²) < 4.78 is 11.7. The Labute approximate surface area is 124 Å². The molecular weight excluding hydrogens is 248 g/mol. The summed E-state index contributed by atoms with van der Waals surface area (Å²) in [6.07, 6.45) is 0. The van der Waals surface area contributed by atoms with E-state index in [1.165, 1.54) is 11.1 Å². The van der Waals surface area contributed by atoms with Gasteiger partial charge in [0.1, 0.15) is 0 Å². The first kappa shape index (κ1) is 16.9. The quantitative estimate of drug-likeness (QED) is 0.764. The molecule has 1 aromatic rings. The zero-order chi connectivity index (χ0) is 15.6. The Morgan fingerprint density at radius 3 is 1.75 bits per heavy atom. The average Bonchev–Trinajstić information content (AvgIpc) is 2.28. The molecule has 0 saturated carbocycles. The van der Waals surface area contributed by atoms with Gasteiger partial charge in [0.25, 0.3) is 0 Å². The second-order valence-electron chi connectivity index (χ2n) is 7.22. The summed E-state index contributed by atoms with van der Waals surface area (Å²) in [5.41, 5.74) is 2.62. The first-order valence-electron chi connectivity index (χ1n) is 7.55. The van der Waals surface area contributed by atoms with Crippen molar-refractivity contribution in [3.05, 3.63) is 23.3 Å². The Morgan fingerprint density at radius 1 is 0.800 bits per heavy atom. The van der Waals surface area contributed by atoms with Gasteiger partial charge in [0, 0.05) is 5.56 Å². The van der Waals surface area contributed by atoms with E-state index in [2.05, 4.69) is 53.7 Å². The van der Waals surface area contributed by atoms with Crippen molar-refractivity contribution in [1.82, 2.24) is 0 Å². The molecule has 0 heterocycles. The van der Waals surface area contributed by atoms with Crippen LogP contribution in [0.3, 0.4) is 0 Å². The largest absolute Gasteiger partial charge is 0.490 e. The smallest absolute Gasteiger partial charge is 0.164 e. The van der Waals surface area contributed by atoms with Crippen molar-refractivity contribution >= 4 is 0 Å². The van der Waals surface area contributed by atoms with Crippen LogP contribution in [-0.4, -0.2) is 13.2 Å². The molecule has 0 saturated heterocycles. The molecule has 2 heteroatoms. The highest BCUT2D eigenvalue weighted by Crippen LogP contribution is 2.42. The minimum absolute atomic E-state index is 0.0254. The zero-order valence-corrected chi connectivity index (χ0v) is 14.4. The Kier molecular flexibility index (Phi) is 5.12. The maximum atomic E-state index is 5.89. The normalized spacial score (nSPS) is 12.4. The molecule has 0 amide bonds. The predicted molar refractivity (Wildman–Crippen MR) is 86.2 cm³/mol. The van der Waals surface area contributed by atoms with Crippen LogP contribution in [0.25, 0.3) is 0 Å². The van der Waals surface area contributed by atoms with Crippen molar-refractivity contribution in [3.8, 4) is 11.5 Å². The third kappa shape index (κ3) is 3.91. The number of benzene rings is 1. The Hall–Kier alpha value is -1.18. The van der Waals surface area contributed by atoms with E-state index in [9.17, 15) is 0 Å². The fourth-order valence-corrected chi connectivity index (χ4v) is 2.15. The van der Waals surface area contributed by atoms with Gasteiger partial charge < -0.3 is 9.47 Å². The molecule has 0 spiro atoms. The summed E-state index contributed by atoms with van der Waals surface area (Å²) in [7, 11) is 0. The first-order valence-corrected chi connectivity index (χ1v) is 7.55. The van der Waals surface area contributed by atoms with Crippen LogP contribution in [0.2, 0.25) is 0 Å². The number of hydrogen-bond acceptors (Lipinski definition) is 2. The molecule has 114 valence electrons. The van der Waals surface area contributed by atoms with E-state index in [-0.39, 0.29) is 10.8 Å². The summed E-state index contributed by atoms with van der Waals surface area (Å²) in [5, 5.41) is 0. The molecule has 0 N–H and O–H groups in total. The highest BCUT2D eigenvalue weighted by molar-refractivity contribution is 5.53. The number of rotatable bonds is 4. The Morgan fingerprint density at radius 2 is 1.35 bits per heavy atom. The number of hydrogen-bond donors (Lipinski definition) is 0. The van der Waals surface area contributed by atoms with E-state index >= 15 is 0 Å². The van der Waals surface area contributed by atoms with Gasteiger partial charge in [0.2, 0.25) is 0 Å². The van der Waals surface area contributed by atoms with Crippen LogP contribution in [0.1, 0.15) is 66.5 Å². The third-order valence-corrected chi connectivity index (χ3v) is 3.32. The molecular formula is C18H30O2. The van der Waals surface area contributed by atoms with E-state index < -0.39 is 0 Å². The monoisotopic (exact) mass is 278 g/mol. The molecule has 0 atom stereocenters.